The molecular formula is C23H21F2N7O3. The number of anilines is 1. The summed E-state index contributed by atoms with van der Waals surface area (Å²) in [5, 5.41) is 13.5. The molecule has 1 atom stereocenters. The molecule has 4 rings (SSSR count). The Morgan fingerprint density at radius 1 is 1.29 bits per heavy atom. The zero-order chi connectivity index (χ0) is 25.1. The van der Waals surface area contributed by atoms with Crippen molar-refractivity contribution in [2.24, 2.45) is 0 Å². The highest BCUT2D eigenvalue weighted by Crippen LogP contribution is 2.37. The van der Waals surface area contributed by atoms with Crippen LogP contribution in [-0.4, -0.2) is 62.2 Å². The molecule has 12 heteroatoms. The Hall–Kier alpha value is -4.61. The standard InChI is InChI=1S/C23H21F2N7O3/c1-4-13-6-7-17(35-23(24)25)14(10-13)18(22(34)31(2)3)19-16(12-27-30-19)29-21(33)15-11-28-32-9-5-8-26-20(15)32/h4-12,18,23H,1H2,2-3H3,(H,27,30)(H,29,33). The van der Waals surface area contributed by atoms with Gasteiger partial charge in [0.25, 0.3) is 5.91 Å². The molecule has 10 nitrogen and oxygen atoms in total. The molecule has 1 aromatic carbocycles. The summed E-state index contributed by atoms with van der Waals surface area (Å²) < 4.78 is 32.5. The van der Waals surface area contributed by atoms with Crippen molar-refractivity contribution in [1.29, 1.82) is 0 Å². The van der Waals surface area contributed by atoms with E-state index in [1.54, 1.807) is 18.3 Å². The molecule has 0 spiro atoms. The molecule has 0 saturated carbocycles. The highest BCUT2D eigenvalue weighted by Gasteiger charge is 2.32. The number of fused-ring (bicyclic) bond motifs is 1. The quantitative estimate of drug-likeness (QED) is 0.399. The summed E-state index contributed by atoms with van der Waals surface area (Å²) in [6, 6.07) is 6.08. The summed E-state index contributed by atoms with van der Waals surface area (Å²) in [6.07, 6.45) is 7.38. The van der Waals surface area contributed by atoms with Gasteiger partial charge in [0, 0.05) is 32.1 Å². The molecule has 35 heavy (non-hydrogen) atoms. The van der Waals surface area contributed by atoms with Gasteiger partial charge in [0.05, 0.1) is 23.8 Å². The van der Waals surface area contributed by atoms with Gasteiger partial charge >= 0.3 is 6.61 Å². The third kappa shape index (κ3) is 4.71. The van der Waals surface area contributed by atoms with Crippen LogP contribution in [0, 0.1) is 0 Å². The van der Waals surface area contributed by atoms with Crippen molar-refractivity contribution in [3.05, 3.63) is 78.0 Å². The number of nitrogens with zero attached hydrogens (tertiary/aromatic N) is 5. The molecule has 1 unspecified atom stereocenters. The summed E-state index contributed by atoms with van der Waals surface area (Å²) in [7, 11) is 3.05. The normalized spacial score (nSPS) is 11.9. The zero-order valence-electron chi connectivity index (χ0n) is 18.8. The Morgan fingerprint density at radius 2 is 2.09 bits per heavy atom. The fourth-order valence-electron chi connectivity index (χ4n) is 3.59. The molecule has 2 N–H and O–H groups in total. The first-order valence-electron chi connectivity index (χ1n) is 10.4. The zero-order valence-corrected chi connectivity index (χ0v) is 18.8. The lowest BCUT2D eigenvalue weighted by Gasteiger charge is -2.23. The fourth-order valence-corrected chi connectivity index (χ4v) is 3.59. The van der Waals surface area contributed by atoms with Gasteiger partial charge < -0.3 is 15.0 Å². The van der Waals surface area contributed by atoms with E-state index in [0.29, 0.717) is 11.2 Å². The van der Waals surface area contributed by atoms with E-state index in [0.717, 1.165) is 0 Å². The molecule has 0 aliphatic rings. The fraction of sp³-hybridized carbons (Fsp3) is 0.174. The number of rotatable bonds is 8. The average molecular weight is 481 g/mol. The van der Waals surface area contributed by atoms with Crippen LogP contribution in [0.15, 0.2) is 55.6 Å². The predicted octanol–water partition coefficient (Wildman–Crippen LogP) is 3.17. The number of nitrogens with one attached hydrogen (secondary N) is 2. The molecule has 4 aromatic rings. The van der Waals surface area contributed by atoms with E-state index < -0.39 is 24.3 Å². The molecule has 3 aromatic heterocycles. The number of amides is 2. The SMILES string of the molecule is C=Cc1ccc(OC(F)F)c(C(C(=O)N(C)C)c2[nH]ncc2NC(=O)c2cnn3cccnc23)c1. The Bertz CT molecular complexity index is 1400. The number of carbonyl (C=O) groups is 2. The molecule has 0 radical (unpaired) electrons. The molecule has 0 fully saturated rings. The topological polar surface area (TPSA) is 118 Å². The second kappa shape index (κ2) is 9.71. The van der Waals surface area contributed by atoms with Crippen LogP contribution in [-0.2, 0) is 4.79 Å². The first kappa shape index (κ1) is 23.5. The molecular weight excluding hydrogens is 460 g/mol. The average Bonchev–Trinajstić information content (AvgIpc) is 3.47. The number of likely N-dealkylation sites (N-methyl/N-ethyl adjacent to an activating group) is 1. The number of carbonyl (C=O) groups excluding carboxylic acids is 2. The molecule has 0 aliphatic carbocycles. The van der Waals surface area contributed by atoms with E-state index in [1.165, 1.54) is 60.3 Å². The number of alkyl halides is 2. The smallest absolute Gasteiger partial charge is 0.387 e. The van der Waals surface area contributed by atoms with Gasteiger partial charge in [-0.2, -0.15) is 19.0 Å². The Morgan fingerprint density at radius 3 is 2.80 bits per heavy atom. The van der Waals surface area contributed by atoms with Crippen LogP contribution in [0.25, 0.3) is 11.7 Å². The van der Waals surface area contributed by atoms with Crippen molar-refractivity contribution >= 4 is 29.2 Å². The number of H-pyrrole nitrogens is 1. The third-order valence-corrected chi connectivity index (χ3v) is 5.21. The van der Waals surface area contributed by atoms with Crippen LogP contribution >= 0.6 is 0 Å². The van der Waals surface area contributed by atoms with Gasteiger partial charge in [0.2, 0.25) is 5.91 Å². The van der Waals surface area contributed by atoms with Gasteiger partial charge in [-0.3, -0.25) is 14.7 Å². The lowest BCUT2D eigenvalue weighted by Crippen LogP contribution is -2.30. The third-order valence-electron chi connectivity index (χ3n) is 5.21. The molecule has 0 saturated heterocycles. The summed E-state index contributed by atoms with van der Waals surface area (Å²) >= 11 is 0. The molecule has 0 aliphatic heterocycles. The predicted molar refractivity (Wildman–Crippen MR) is 123 cm³/mol. The van der Waals surface area contributed by atoms with Gasteiger partial charge in [0.1, 0.15) is 17.2 Å². The Balaban J connectivity index is 1.78. The van der Waals surface area contributed by atoms with Crippen molar-refractivity contribution in [1.82, 2.24) is 29.7 Å². The van der Waals surface area contributed by atoms with E-state index in [9.17, 15) is 18.4 Å². The lowest BCUT2D eigenvalue weighted by molar-refractivity contribution is -0.129. The monoisotopic (exact) mass is 481 g/mol. The number of halogens is 2. The van der Waals surface area contributed by atoms with Gasteiger partial charge in [-0.1, -0.05) is 18.7 Å². The number of aromatic amines is 1. The van der Waals surface area contributed by atoms with Crippen molar-refractivity contribution in [3.63, 3.8) is 0 Å². The minimum Gasteiger partial charge on any atom is -0.435 e. The van der Waals surface area contributed by atoms with E-state index in [-0.39, 0.29) is 28.3 Å². The molecule has 0 bridgehead atoms. The minimum atomic E-state index is -3.11. The number of aromatic nitrogens is 5. The molecule has 180 valence electrons. The maximum absolute atomic E-state index is 13.3. The van der Waals surface area contributed by atoms with Crippen molar-refractivity contribution < 1.29 is 23.1 Å². The number of hydrogen-bond acceptors (Lipinski definition) is 6. The largest absolute Gasteiger partial charge is 0.435 e. The van der Waals surface area contributed by atoms with Crippen LogP contribution in [0.5, 0.6) is 5.75 Å². The van der Waals surface area contributed by atoms with Crippen molar-refractivity contribution in [2.45, 2.75) is 12.5 Å². The lowest BCUT2D eigenvalue weighted by atomic mass is 9.91. The summed E-state index contributed by atoms with van der Waals surface area (Å²) in [5.41, 5.74) is 1.63. The highest BCUT2D eigenvalue weighted by molar-refractivity contribution is 6.08. The van der Waals surface area contributed by atoms with Gasteiger partial charge in [-0.15, -0.1) is 0 Å². The maximum Gasteiger partial charge on any atom is 0.387 e. The number of ether oxygens (including phenoxy) is 1. The van der Waals surface area contributed by atoms with E-state index in [4.69, 9.17) is 4.74 Å². The first-order chi connectivity index (χ1) is 16.8. The maximum atomic E-state index is 13.3. The van der Waals surface area contributed by atoms with E-state index >= 15 is 0 Å². The number of benzene rings is 1. The van der Waals surface area contributed by atoms with E-state index in [2.05, 4.69) is 32.2 Å². The van der Waals surface area contributed by atoms with Crippen LogP contribution in [0.3, 0.4) is 0 Å². The Kier molecular flexibility index (Phi) is 6.53. The second-order valence-electron chi connectivity index (χ2n) is 7.64. The molecule has 2 amide bonds. The van der Waals surface area contributed by atoms with Crippen LogP contribution < -0.4 is 10.1 Å². The van der Waals surface area contributed by atoms with Crippen molar-refractivity contribution in [2.75, 3.05) is 19.4 Å². The number of hydrogen-bond donors (Lipinski definition) is 2. The van der Waals surface area contributed by atoms with Crippen LogP contribution in [0.2, 0.25) is 0 Å². The summed E-state index contributed by atoms with van der Waals surface area (Å²) in [6.45, 7) is 0.591. The van der Waals surface area contributed by atoms with Gasteiger partial charge in [0.15, 0.2) is 5.65 Å². The summed E-state index contributed by atoms with van der Waals surface area (Å²) in [5.74, 6) is -2.34. The Labute approximate surface area is 198 Å². The second-order valence-corrected chi connectivity index (χ2v) is 7.64. The van der Waals surface area contributed by atoms with Gasteiger partial charge in [-0.25, -0.2) is 9.50 Å². The first-order valence-corrected chi connectivity index (χ1v) is 10.4. The van der Waals surface area contributed by atoms with Crippen LogP contribution in [0.4, 0.5) is 14.5 Å². The molecule has 3 heterocycles. The summed E-state index contributed by atoms with van der Waals surface area (Å²) in [4.78, 5) is 31.8. The van der Waals surface area contributed by atoms with Crippen molar-refractivity contribution in [3.8, 4) is 5.75 Å². The highest BCUT2D eigenvalue weighted by atomic mass is 19.3. The van der Waals surface area contributed by atoms with Gasteiger partial charge in [-0.05, 0) is 23.8 Å². The minimum absolute atomic E-state index is 0.152. The van der Waals surface area contributed by atoms with Crippen LogP contribution in [0.1, 0.15) is 33.1 Å². The van der Waals surface area contributed by atoms with E-state index in [1.807, 2.05) is 0 Å².